The topological polar surface area (TPSA) is 80.5 Å². The fourth-order valence-electron chi connectivity index (χ4n) is 2.98. The van der Waals surface area contributed by atoms with Crippen LogP contribution in [0.15, 0.2) is 41.3 Å². The highest BCUT2D eigenvalue weighted by molar-refractivity contribution is 7.89. The molecule has 0 atom stereocenters. The molecule has 1 fully saturated rings. The number of hydrogen-bond donors (Lipinski definition) is 1. The minimum Gasteiger partial charge on any atom is -0.369 e. The molecule has 2 N–H and O–H groups in total. The van der Waals surface area contributed by atoms with Gasteiger partial charge in [0.1, 0.15) is 0 Å². The van der Waals surface area contributed by atoms with Gasteiger partial charge in [-0.05, 0) is 25.0 Å². The monoisotopic (exact) mass is 352 g/mol. The molecule has 0 saturated carbocycles. The Bertz CT molecular complexity index is 859. The highest BCUT2D eigenvalue weighted by atomic mass is 35.5. The number of sulfonamides is 1. The summed E-state index contributed by atoms with van der Waals surface area (Å²) in [7, 11) is -3.63. The first-order chi connectivity index (χ1) is 10.9. The first-order valence-corrected chi connectivity index (χ1v) is 9.20. The Kier molecular flexibility index (Phi) is 4.31. The van der Waals surface area contributed by atoms with Crippen molar-refractivity contribution in [1.29, 1.82) is 0 Å². The molecule has 2 aromatic rings. The quantitative estimate of drug-likeness (QED) is 0.920. The van der Waals surface area contributed by atoms with E-state index in [1.807, 2.05) is 6.07 Å². The average Bonchev–Trinajstić information content (AvgIpc) is 2.55. The van der Waals surface area contributed by atoms with Crippen LogP contribution in [0.2, 0.25) is 5.02 Å². The van der Waals surface area contributed by atoms with E-state index >= 15 is 0 Å². The number of primary amides is 1. The van der Waals surface area contributed by atoms with Crippen LogP contribution in [0.3, 0.4) is 0 Å². The molecule has 1 heterocycles. The summed E-state index contributed by atoms with van der Waals surface area (Å²) in [6, 6.07) is 10.3. The third-order valence-corrected chi connectivity index (χ3v) is 6.59. The smallest absolute Gasteiger partial charge is 0.243 e. The third-order valence-electron chi connectivity index (χ3n) is 4.30. The molecule has 0 bridgehead atoms. The number of nitrogens with two attached hydrogens (primary N) is 1. The fraction of sp³-hybridized carbons (Fsp3) is 0.312. The van der Waals surface area contributed by atoms with E-state index in [2.05, 4.69) is 0 Å². The predicted molar refractivity (Wildman–Crippen MR) is 89.6 cm³/mol. The molecule has 7 heteroatoms. The fourth-order valence-corrected chi connectivity index (χ4v) is 4.87. The Morgan fingerprint density at radius 2 is 1.70 bits per heavy atom. The highest BCUT2D eigenvalue weighted by Crippen LogP contribution is 2.32. The van der Waals surface area contributed by atoms with Gasteiger partial charge in [0.05, 0.1) is 4.90 Å². The Hall–Kier alpha value is -1.63. The van der Waals surface area contributed by atoms with Crippen molar-refractivity contribution >= 4 is 38.3 Å². The molecule has 5 nitrogen and oxygen atoms in total. The van der Waals surface area contributed by atoms with E-state index in [4.69, 9.17) is 17.3 Å². The van der Waals surface area contributed by atoms with E-state index < -0.39 is 10.0 Å². The molecule has 1 aliphatic rings. The van der Waals surface area contributed by atoms with E-state index in [0.29, 0.717) is 41.7 Å². The molecule has 0 unspecified atom stereocenters. The predicted octanol–water partition coefficient (Wildman–Crippen LogP) is 2.38. The van der Waals surface area contributed by atoms with E-state index in [9.17, 15) is 13.2 Å². The number of carbonyl (C=O) groups is 1. The van der Waals surface area contributed by atoms with Crippen molar-refractivity contribution in [3.8, 4) is 0 Å². The minimum absolute atomic E-state index is 0.245. The summed E-state index contributed by atoms with van der Waals surface area (Å²) in [5, 5.41) is 1.84. The van der Waals surface area contributed by atoms with Crippen LogP contribution >= 0.6 is 11.6 Å². The second-order valence-electron chi connectivity index (χ2n) is 5.67. The van der Waals surface area contributed by atoms with Crippen molar-refractivity contribution < 1.29 is 13.2 Å². The molecule has 0 aliphatic carbocycles. The number of hydrogen-bond acceptors (Lipinski definition) is 3. The molecular formula is C16H17ClN2O3S. The van der Waals surface area contributed by atoms with Crippen LogP contribution in [0, 0.1) is 5.92 Å². The zero-order valence-electron chi connectivity index (χ0n) is 12.4. The lowest BCUT2D eigenvalue weighted by Crippen LogP contribution is -2.41. The molecule has 122 valence electrons. The zero-order valence-corrected chi connectivity index (χ0v) is 14.0. The van der Waals surface area contributed by atoms with E-state index in [-0.39, 0.29) is 16.7 Å². The number of benzene rings is 2. The van der Waals surface area contributed by atoms with Crippen LogP contribution in [0.25, 0.3) is 10.8 Å². The Labute approximate surface area is 140 Å². The van der Waals surface area contributed by atoms with Crippen LogP contribution < -0.4 is 5.73 Å². The van der Waals surface area contributed by atoms with Crippen LogP contribution in [-0.2, 0) is 14.8 Å². The molecule has 0 spiro atoms. The summed E-state index contributed by atoms with van der Waals surface area (Å²) in [4.78, 5) is 11.5. The van der Waals surface area contributed by atoms with E-state index in [1.165, 1.54) is 4.31 Å². The number of halogens is 1. The van der Waals surface area contributed by atoms with Gasteiger partial charge >= 0.3 is 0 Å². The van der Waals surface area contributed by atoms with E-state index in [1.54, 1.807) is 30.3 Å². The number of rotatable bonds is 3. The molecule has 0 radical (unpaired) electrons. The van der Waals surface area contributed by atoms with Gasteiger partial charge in [-0.2, -0.15) is 4.31 Å². The van der Waals surface area contributed by atoms with Crippen LogP contribution in [0.4, 0.5) is 0 Å². The van der Waals surface area contributed by atoms with Crippen molar-refractivity contribution in [3.05, 3.63) is 41.4 Å². The Morgan fingerprint density at radius 1 is 1.09 bits per heavy atom. The Morgan fingerprint density at radius 3 is 2.30 bits per heavy atom. The van der Waals surface area contributed by atoms with Crippen molar-refractivity contribution in [3.63, 3.8) is 0 Å². The van der Waals surface area contributed by atoms with Crippen molar-refractivity contribution in [1.82, 2.24) is 4.31 Å². The average molecular weight is 353 g/mol. The SMILES string of the molecule is NC(=O)C1CCN(S(=O)(=O)c2ccc(Cl)c3ccccc23)CC1. The number of carbonyl (C=O) groups excluding carboxylic acids is 1. The first kappa shape index (κ1) is 16.2. The first-order valence-electron chi connectivity index (χ1n) is 7.38. The van der Waals surface area contributed by atoms with Crippen molar-refractivity contribution in [2.45, 2.75) is 17.7 Å². The maximum absolute atomic E-state index is 13.0. The largest absolute Gasteiger partial charge is 0.369 e. The Balaban J connectivity index is 1.98. The molecule has 1 aliphatic heterocycles. The number of nitrogens with zero attached hydrogens (tertiary/aromatic N) is 1. The van der Waals surface area contributed by atoms with Crippen molar-refractivity contribution in [2.75, 3.05) is 13.1 Å². The normalized spacial score (nSPS) is 17.4. The third kappa shape index (κ3) is 2.94. The van der Waals surface area contributed by atoms with Gasteiger partial charge in [0.15, 0.2) is 0 Å². The number of fused-ring (bicyclic) bond motifs is 1. The summed E-state index contributed by atoms with van der Waals surface area (Å²) in [6.45, 7) is 0.597. The molecule has 2 aromatic carbocycles. The minimum atomic E-state index is -3.63. The van der Waals surface area contributed by atoms with Gasteiger partial charge in [0.25, 0.3) is 0 Å². The van der Waals surface area contributed by atoms with Gasteiger partial charge < -0.3 is 5.73 Å². The summed E-state index contributed by atoms with van der Waals surface area (Å²) in [5.41, 5.74) is 5.30. The summed E-state index contributed by atoms with van der Waals surface area (Å²) >= 11 is 6.16. The summed E-state index contributed by atoms with van der Waals surface area (Å²) < 4.78 is 27.3. The summed E-state index contributed by atoms with van der Waals surface area (Å²) in [6.07, 6.45) is 0.917. The van der Waals surface area contributed by atoms with Gasteiger partial charge in [0, 0.05) is 34.8 Å². The highest BCUT2D eigenvalue weighted by Gasteiger charge is 2.32. The van der Waals surface area contributed by atoms with Gasteiger partial charge in [-0.3, -0.25) is 4.79 Å². The zero-order chi connectivity index (χ0) is 16.6. The molecular weight excluding hydrogens is 336 g/mol. The molecule has 3 rings (SSSR count). The number of piperidine rings is 1. The lowest BCUT2D eigenvalue weighted by molar-refractivity contribution is -0.122. The maximum Gasteiger partial charge on any atom is 0.243 e. The maximum atomic E-state index is 13.0. The van der Waals surface area contributed by atoms with Gasteiger partial charge in [-0.1, -0.05) is 35.9 Å². The lowest BCUT2D eigenvalue weighted by Gasteiger charge is -2.30. The molecule has 23 heavy (non-hydrogen) atoms. The lowest BCUT2D eigenvalue weighted by atomic mass is 9.98. The molecule has 1 saturated heterocycles. The number of amides is 1. The van der Waals surface area contributed by atoms with Crippen molar-refractivity contribution in [2.24, 2.45) is 11.7 Å². The van der Waals surface area contributed by atoms with Gasteiger partial charge in [-0.25, -0.2) is 8.42 Å². The van der Waals surface area contributed by atoms with E-state index in [0.717, 1.165) is 0 Å². The van der Waals surface area contributed by atoms with Gasteiger partial charge in [0.2, 0.25) is 15.9 Å². The van der Waals surface area contributed by atoms with Crippen LogP contribution in [0.1, 0.15) is 12.8 Å². The van der Waals surface area contributed by atoms with Crippen LogP contribution in [0.5, 0.6) is 0 Å². The standard InChI is InChI=1S/C16H17ClN2O3S/c17-14-5-6-15(13-4-2-1-3-12(13)14)23(21,22)19-9-7-11(8-10-19)16(18)20/h1-6,11H,7-10H2,(H2,18,20). The second-order valence-corrected chi connectivity index (χ2v) is 7.99. The summed E-state index contributed by atoms with van der Waals surface area (Å²) in [5.74, 6) is -0.609. The van der Waals surface area contributed by atoms with Crippen LogP contribution in [-0.4, -0.2) is 31.7 Å². The second kappa shape index (κ2) is 6.11. The molecule has 0 aromatic heterocycles. The molecule has 1 amide bonds. The van der Waals surface area contributed by atoms with Gasteiger partial charge in [-0.15, -0.1) is 0 Å².